The van der Waals surface area contributed by atoms with Crippen LogP contribution in [0.2, 0.25) is 0 Å². The second-order valence-corrected chi connectivity index (χ2v) is 5.63. The van der Waals surface area contributed by atoms with Gasteiger partial charge in [0.1, 0.15) is 0 Å². The number of likely N-dealkylation sites (tertiary alicyclic amines) is 1. The normalized spacial score (nSPS) is 35.6. The topological polar surface area (TPSA) is 29.3 Å². The van der Waals surface area contributed by atoms with E-state index in [4.69, 9.17) is 5.73 Å². The fourth-order valence-corrected chi connectivity index (χ4v) is 3.64. The Hall–Kier alpha value is -0.0800. The predicted molar refractivity (Wildman–Crippen MR) is 64.7 cm³/mol. The van der Waals surface area contributed by atoms with Crippen LogP contribution in [0.15, 0.2) is 0 Å². The molecule has 2 aliphatic rings. The first-order valence-corrected chi connectivity index (χ1v) is 6.70. The van der Waals surface area contributed by atoms with Crippen LogP contribution in [0, 0.1) is 17.8 Å². The summed E-state index contributed by atoms with van der Waals surface area (Å²) in [6.45, 7) is 3.43. The number of nitrogens with two attached hydrogens (primary N) is 1. The van der Waals surface area contributed by atoms with Gasteiger partial charge >= 0.3 is 0 Å². The average molecular weight is 210 g/mol. The van der Waals surface area contributed by atoms with Gasteiger partial charge in [-0.3, -0.25) is 0 Å². The maximum absolute atomic E-state index is 5.91. The molecule has 0 aromatic rings. The molecule has 1 saturated heterocycles. The van der Waals surface area contributed by atoms with Crippen molar-refractivity contribution in [3.8, 4) is 0 Å². The van der Waals surface area contributed by atoms with Crippen LogP contribution in [0.3, 0.4) is 0 Å². The highest BCUT2D eigenvalue weighted by atomic mass is 15.1. The molecule has 0 spiro atoms. The van der Waals surface area contributed by atoms with Gasteiger partial charge in [0.25, 0.3) is 0 Å². The van der Waals surface area contributed by atoms with Crippen LogP contribution in [0.5, 0.6) is 0 Å². The zero-order chi connectivity index (χ0) is 10.7. The fourth-order valence-electron chi connectivity index (χ4n) is 3.64. The first-order chi connectivity index (χ1) is 7.31. The molecule has 0 bridgehead atoms. The van der Waals surface area contributed by atoms with Crippen LogP contribution < -0.4 is 5.73 Å². The van der Waals surface area contributed by atoms with Gasteiger partial charge in [0, 0.05) is 13.1 Å². The van der Waals surface area contributed by atoms with E-state index < -0.39 is 0 Å². The molecule has 1 aliphatic carbocycles. The molecule has 2 rings (SSSR count). The molecule has 88 valence electrons. The third-order valence-electron chi connectivity index (χ3n) is 4.48. The average Bonchev–Trinajstić information content (AvgIpc) is 2.47. The maximum Gasteiger partial charge on any atom is 0.00220 e. The van der Waals surface area contributed by atoms with E-state index in [1.165, 1.54) is 51.6 Å². The summed E-state index contributed by atoms with van der Waals surface area (Å²) in [4.78, 5) is 2.48. The lowest BCUT2D eigenvalue weighted by atomic mass is 9.80. The Morgan fingerprint density at radius 1 is 1.07 bits per heavy atom. The molecule has 1 saturated carbocycles. The molecule has 0 radical (unpaired) electrons. The quantitative estimate of drug-likeness (QED) is 0.707. The van der Waals surface area contributed by atoms with E-state index in [2.05, 4.69) is 11.9 Å². The van der Waals surface area contributed by atoms with Crippen LogP contribution in [0.1, 0.15) is 38.5 Å². The Kier molecular flexibility index (Phi) is 4.04. The molecular formula is C13H26N2. The molecule has 0 amide bonds. The Morgan fingerprint density at radius 3 is 2.33 bits per heavy atom. The van der Waals surface area contributed by atoms with Gasteiger partial charge in [0.05, 0.1) is 0 Å². The van der Waals surface area contributed by atoms with Crippen molar-refractivity contribution < 1.29 is 0 Å². The van der Waals surface area contributed by atoms with Crippen molar-refractivity contribution in [2.45, 2.75) is 38.5 Å². The second-order valence-electron chi connectivity index (χ2n) is 5.63. The minimum absolute atomic E-state index is 0.776. The summed E-state index contributed by atoms with van der Waals surface area (Å²) in [5.74, 6) is 2.65. The monoisotopic (exact) mass is 210 g/mol. The largest absolute Gasteiger partial charge is 0.330 e. The van der Waals surface area contributed by atoms with Crippen LogP contribution in [-0.2, 0) is 0 Å². The van der Waals surface area contributed by atoms with Gasteiger partial charge in [-0.05, 0) is 31.3 Å². The van der Waals surface area contributed by atoms with Crippen molar-refractivity contribution in [2.75, 3.05) is 26.7 Å². The van der Waals surface area contributed by atoms with Crippen LogP contribution in [0.4, 0.5) is 0 Å². The number of nitrogens with zero attached hydrogens (tertiary/aromatic N) is 1. The molecule has 0 aromatic carbocycles. The van der Waals surface area contributed by atoms with E-state index in [-0.39, 0.29) is 0 Å². The summed E-state index contributed by atoms with van der Waals surface area (Å²) < 4.78 is 0. The molecule has 2 atom stereocenters. The summed E-state index contributed by atoms with van der Waals surface area (Å²) in [5.41, 5.74) is 5.91. The summed E-state index contributed by atoms with van der Waals surface area (Å²) in [6.07, 6.45) is 8.78. The predicted octanol–water partition coefficient (Wildman–Crippen LogP) is 2.09. The highest BCUT2D eigenvalue weighted by Gasteiger charge is 2.35. The second kappa shape index (κ2) is 5.31. The number of rotatable bonds is 2. The minimum atomic E-state index is 0.776. The molecule has 2 unspecified atom stereocenters. The van der Waals surface area contributed by atoms with Gasteiger partial charge in [0.15, 0.2) is 0 Å². The lowest BCUT2D eigenvalue weighted by molar-refractivity contribution is 0.253. The zero-order valence-corrected chi connectivity index (χ0v) is 10.1. The Labute approximate surface area is 94.2 Å². The molecule has 2 N–H and O–H groups in total. The lowest BCUT2D eigenvalue weighted by Gasteiger charge is -2.26. The summed E-state index contributed by atoms with van der Waals surface area (Å²) in [7, 11) is 2.25. The van der Waals surface area contributed by atoms with E-state index in [0.29, 0.717) is 0 Å². The van der Waals surface area contributed by atoms with Crippen molar-refractivity contribution >= 4 is 0 Å². The summed E-state index contributed by atoms with van der Waals surface area (Å²) >= 11 is 0. The van der Waals surface area contributed by atoms with Gasteiger partial charge in [-0.15, -0.1) is 0 Å². The van der Waals surface area contributed by atoms with Crippen molar-refractivity contribution in [2.24, 2.45) is 23.5 Å². The van der Waals surface area contributed by atoms with Gasteiger partial charge in [-0.25, -0.2) is 0 Å². The van der Waals surface area contributed by atoms with Crippen molar-refractivity contribution in [1.82, 2.24) is 4.90 Å². The van der Waals surface area contributed by atoms with Crippen molar-refractivity contribution in [1.29, 1.82) is 0 Å². The van der Waals surface area contributed by atoms with Crippen LogP contribution >= 0.6 is 0 Å². The van der Waals surface area contributed by atoms with E-state index in [9.17, 15) is 0 Å². The fraction of sp³-hybridized carbons (Fsp3) is 1.00. The van der Waals surface area contributed by atoms with E-state index in [1.54, 1.807) is 0 Å². The van der Waals surface area contributed by atoms with E-state index >= 15 is 0 Å². The standard InChI is InChI=1S/C13H26N2/c1-15-9-12(8-14)13(10-15)11-6-4-2-3-5-7-11/h11-13H,2-10,14H2,1H3. The zero-order valence-electron chi connectivity index (χ0n) is 10.1. The molecule has 2 fully saturated rings. The highest BCUT2D eigenvalue weighted by molar-refractivity contribution is 4.87. The molecule has 2 nitrogen and oxygen atoms in total. The number of hydrogen-bond acceptors (Lipinski definition) is 2. The molecule has 0 aromatic heterocycles. The van der Waals surface area contributed by atoms with Crippen molar-refractivity contribution in [3.63, 3.8) is 0 Å². The number of hydrogen-bond donors (Lipinski definition) is 1. The molecule has 1 heterocycles. The molecule has 15 heavy (non-hydrogen) atoms. The third kappa shape index (κ3) is 2.73. The lowest BCUT2D eigenvalue weighted by Crippen LogP contribution is -2.27. The Bertz CT molecular complexity index is 185. The summed E-state index contributed by atoms with van der Waals surface area (Å²) in [5, 5.41) is 0. The van der Waals surface area contributed by atoms with E-state index in [0.717, 1.165) is 24.3 Å². The van der Waals surface area contributed by atoms with Crippen LogP contribution in [0.25, 0.3) is 0 Å². The molecular weight excluding hydrogens is 184 g/mol. The Balaban J connectivity index is 1.94. The van der Waals surface area contributed by atoms with Gasteiger partial charge < -0.3 is 10.6 Å². The Morgan fingerprint density at radius 2 is 1.73 bits per heavy atom. The first-order valence-electron chi connectivity index (χ1n) is 6.70. The third-order valence-corrected chi connectivity index (χ3v) is 4.48. The highest BCUT2D eigenvalue weighted by Crippen LogP contribution is 2.36. The SMILES string of the molecule is CN1CC(CN)C(C2CCCCCC2)C1. The maximum atomic E-state index is 5.91. The minimum Gasteiger partial charge on any atom is -0.330 e. The van der Waals surface area contributed by atoms with Gasteiger partial charge in [-0.2, -0.15) is 0 Å². The molecule has 1 aliphatic heterocycles. The molecule has 2 heteroatoms. The smallest absolute Gasteiger partial charge is 0.00220 e. The first kappa shape index (κ1) is 11.4. The van der Waals surface area contributed by atoms with Gasteiger partial charge in [0.2, 0.25) is 0 Å². The van der Waals surface area contributed by atoms with Crippen LogP contribution in [-0.4, -0.2) is 31.6 Å². The summed E-state index contributed by atoms with van der Waals surface area (Å²) in [6, 6.07) is 0. The van der Waals surface area contributed by atoms with E-state index in [1.807, 2.05) is 0 Å². The van der Waals surface area contributed by atoms with Crippen molar-refractivity contribution in [3.05, 3.63) is 0 Å². The van der Waals surface area contributed by atoms with Gasteiger partial charge in [-0.1, -0.05) is 38.5 Å².